The molecular formula is C13H22N2O3. The maximum absolute atomic E-state index is 12.4. The van der Waals surface area contributed by atoms with Crippen LogP contribution >= 0.6 is 0 Å². The van der Waals surface area contributed by atoms with Crippen molar-refractivity contribution in [1.29, 1.82) is 0 Å². The Bertz CT molecular complexity index is 328. The minimum absolute atomic E-state index is 0.0466. The molecule has 2 rings (SSSR count). The molecular weight excluding hydrogens is 232 g/mol. The number of aliphatic carboxylic acids is 1. The van der Waals surface area contributed by atoms with E-state index in [2.05, 4.69) is 6.92 Å². The number of piperidine rings is 1. The summed E-state index contributed by atoms with van der Waals surface area (Å²) in [6, 6.07) is 0.333. The molecule has 1 aliphatic carbocycles. The zero-order valence-corrected chi connectivity index (χ0v) is 11.0. The predicted octanol–water partition coefficient (Wildman–Crippen LogP) is 1.78. The van der Waals surface area contributed by atoms with E-state index >= 15 is 0 Å². The van der Waals surface area contributed by atoms with E-state index in [1.807, 2.05) is 4.90 Å². The summed E-state index contributed by atoms with van der Waals surface area (Å²) in [5, 5.41) is 8.75. The number of carbonyl (C=O) groups is 2. The molecule has 0 aromatic carbocycles. The molecule has 1 unspecified atom stereocenters. The minimum Gasteiger partial charge on any atom is -0.481 e. The Labute approximate surface area is 108 Å². The van der Waals surface area contributed by atoms with Gasteiger partial charge in [0.1, 0.15) is 0 Å². The second-order valence-electron chi connectivity index (χ2n) is 5.54. The van der Waals surface area contributed by atoms with Crippen LogP contribution in [0.1, 0.15) is 39.0 Å². The quantitative estimate of drug-likeness (QED) is 0.831. The molecule has 1 aliphatic heterocycles. The van der Waals surface area contributed by atoms with Gasteiger partial charge in [0, 0.05) is 25.7 Å². The standard InChI is InChI=1S/C13H22N2O3/c1-10-3-2-7-14(9-10)13(18)15(11-4-5-11)8-6-12(16)17/h10-11H,2-9H2,1H3,(H,16,17). The number of carboxylic acid groups (broad SMARTS) is 1. The van der Waals surface area contributed by atoms with E-state index in [1.54, 1.807) is 4.90 Å². The maximum atomic E-state index is 12.4. The van der Waals surface area contributed by atoms with Gasteiger partial charge in [-0.25, -0.2) is 4.79 Å². The van der Waals surface area contributed by atoms with Crippen LogP contribution in [0.5, 0.6) is 0 Å². The smallest absolute Gasteiger partial charge is 0.320 e. The van der Waals surface area contributed by atoms with Crippen molar-refractivity contribution in [2.75, 3.05) is 19.6 Å². The van der Waals surface area contributed by atoms with E-state index in [1.165, 1.54) is 6.42 Å². The number of rotatable bonds is 4. The molecule has 102 valence electrons. The number of hydrogen-bond donors (Lipinski definition) is 1. The molecule has 1 saturated heterocycles. The molecule has 0 spiro atoms. The molecule has 2 aliphatic rings. The minimum atomic E-state index is -0.833. The van der Waals surface area contributed by atoms with Crippen molar-refractivity contribution < 1.29 is 14.7 Å². The molecule has 0 aromatic rings. The highest BCUT2D eigenvalue weighted by molar-refractivity contribution is 5.76. The van der Waals surface area contributed by atoms with Gasteiger partial charge in [0.2, 0.25) is 0 Å². The number of carbonyl (C=O) groups excluding carboxylic acids is 1. The molecule has 1 N–H and O–H groups in total. The molecule has 0 radical (unpaired) electrons. The Morgan fingerprint density at radius 3 is 2.61 bits per heavy atom. The van der Waals surface area contributed by atoms with Crippen molar-refractivity contribution in [3.63, 3.8) is 0 Å². The number of urea groups is 1. The highest BCUT2D eigenvalue weighted by Crippen LogP contribution is 2.29. The molecule has 1 saturated carbocycles. The second-order valence-corrected chi connectivity index (χ2v) is 5.54. The zero-order valence-electron chi connectivity index (χ0n) is 11.0. The van der Waals surface area contributed by atoms with Gasteiger partial charge in [-0.2, -0.15) is 0 Å². The first-order valence-electron chi connectivity index (χ1n) is 6.85. The number of likely N-dealkylation sites (tertiary alicyclic amines) is 1. The third-order valence-corrected chi connectivity index (χ3v) is 3.73. The largest absolute Gasteiger partial charge is 0.481 e. The lowest BCUT2D eigenvalue weighted by molar-refractivity contribution is -0.137. The third kappa shape index (κ3) is 3.37. The third-order valence-electron chi connectivity index (χ3n) is 3.73. The van der Waals surface area contributed by atoms with Crippen LogP contribution in [0.25, 0.3) is 0 Å². The fourth-order valence-corrected chi connectivity index (χ4v) is 2.58. The number of hydrogen-bond acceptors (Lipinski definition) is 2. The zero-order chi connectivity index (χ0) is 13.1. The SMILES string of the molecule is CC1CCCN(C(=O)N(CCC(=O)O)C2CC2)C1. The van der Waals surface area contributed by atoms with Gasteiger partial charge < -0.3 is 14.9 Å². The van der Waals surface area contributed by atoms with E-state index in [0.29, 0.717) is 12.5 Å². The lowest BCUT2D eigenvalue weighted by atomic mass is 10.0. The summed E-state index contributed by atoms with van der Waals surface area (Å²) in [6.45, 7) is 4.15. The number of amides is 2. The molecule has 0 aromatic heterocycles. The fraction of sp³-hybridized carbons (Fsp3) is 0.846. The van der Waals surface area contributed by atoms with Crippen LogP contribution in [0.15, 0.2) is 0 Å². The first-order valence-corrected chi connectivity index (χ1v) is 6.85. The van der Waals surface area contributed by atoms with Crippen molar-refractivity contribution in [2.45, 2.75) is 45.1 Å². The van der Waals surface area contributed by atoms with Gasteiger partial charge in [0.25, 0.3) is 0 Å². The van der Waals surface area contributed by atoms with E-state index in [0.717, 1.165) is 32.4 Å². The average Bonchev–Trinajstić information content (AvgIpc) is 3.13. The van der Waals surface area contributed by atoms with E-state index in [9.17, 15) is 9.59 Å². The molecule has 0 bridgehead atoms. The molecule has 18 heavy (non-hydrogen) atoms. The summed E-state index contributed by atoms with van der Waals surface area (Å²) >= 11 is 0. The van der Waals surface area contributed by atoms with Gasteiger partial charge in [-0.05, 0) is 31.6 Å². The number of nitrogens with zero attached hydrogens (tertiary/aromatic N) is 2. The van der Waals surface area contributed by atoms with Gasteiger partial charge in [0.05, 0.1) is 6.42 Å². The van der Waals surface area contributed by atoms with Crippen molar-refractivity contribution in [3.8, 4) is 0 Å². The molecule has 1 atom stereocenters. The van der Waals surface area contributed by atoms with E-state index in [4.69, 9.17) is 5.11 Å². The Morgan fingerprint density at radius 2 is 2.06 bits per heavy atom. The first-order chi connectivity index (χ1) is 8.58. The van der Waals surface area contributed by atoms with Gasteiger partial charge in [-0.1, -0.05) is 6.92 Å². The topological polar surface area (TPSA) is 60.9 Å². The maximum Gasteiger partial charge on any atom is 0.320 e. The number of carboxylic acids is 1. The Hall–Kier alpha value is -1.26. The second kappa shape index (κ2) is 5.59. The summed E-state index contributed by atoms with van der Waals surface area (Å²) in [5.74, 6) is -0.274. The Morgan fingerprint density at radius 1 is 1.33 bits per heavy atom. The van der Waals surface area contributed by atoms with Crippen LogP contribution in [0.4, 0.5) is 4.79 Å². The van der Waals surface area contributed by atoms with Gasteiger partial charge in [-0.3, -0.25) is 4.79 Å². The van der Waals surface area contributed by atoms with Crippen molar-refractivity contribution in [1.82, 2.24) is 9.80 Å². The molecule has 1 heterocycles. The highest BCUT2D eigenvalue weighted by Gasteiger charge is 2.35. The van der Waals surface area contributed by atoms with Crippen LogP contribution in [0.2, 0.25) is 0 Å². The summed E-state index contributed by atoms with van der Waals surface area (Å²) in [5.41, 5.74) is 0. The van der Waals surface area contributed by atoms with Gasteiger partial charge in [0.15, 0.2) is 0 Å². The average molecular weight is 254 g/mol. The normalized spacial score (nSPS) is 23.8. The molecule has 2 amide bonds. The highest BCUT2D eigenvalue weighted by atomic mass is 16.4. The first kappa shape index (κ1) is 13.2. The van der Waals surface area contributed by atoms with Gasteiger partial charge in [-0.15, -0.1) is 0 Å². The monoisotopic (exact) mass is 254 g/mol. The van der Waals surface area contributed by atoms with Crippen LogP contribution in [-0.2, 0) is 4.79 Å². The summed E-state index contributed by atoms with van der Waals surface area (Å²) in [6.07, 6.45) is 4.34. The Balaban J connectivity index is 1.92. The molecule has 5 heteroatoms. The van der Waals surface area contributed by atoms with E-state index in [-0.39, 0.29) is 18.5 Å². The van der Waals surface area contributed by atoms with Crippen LogP contribution in [-0.4, -0.2) is 52.6 Å². The van der Waals surface area contributed by atoms with Crippen LogP contribution in [0.3, 0.4) is 0 Å². The van der Waals surface area contributed by atoms with Crippen molar-refractivity contribution >= 4 is 12.0 Å². The van der Waals surface area contributed by atoms with Crippen molar-refractivity contribution in [2.24, 2.45) is 5.92 Å². The van der Waals surface area contributed by atoms with Gasteiger partial charge >= 0.3 is 12.0 Å². The summed E-state index contributed by atoms with van der Waals surface area (Å²) in [7, 11) is 0. The Kier molecular flexibility index (Phi) is 4.09. The van der Waals surface area contributed by atoms with Crippen LogP contribution < -0.4 is 0 Å². The lowest BCUT2D eigenvalue weighted by Crippen LogP contribution is -2.48. The summed E-state index contributed by atoms with van der Waals surface area (Å²) < 4.78 is 0. The predicted molar refractivity (Wildman–Crippen MR) is 67.3 cm³/mol. The fourth-order valence-electron chi connectivity index (χ4n) is 2.58. The van der Waals surface area contributed by atoms with E-state index < -0.39 is 5.97 Å². The summed E-state index contributed by atoms with van der Waals surface area (Å²) in [4.78, 5) is 26.7. The van der Waals surface area contributed by atoms with Crippen molar-refractivity contribution in [3.05, 3.63) is 0 Å². The van der Waals surface area contributed by atoms with Crippen LogP contribution in [0, 0.1) is 5.92 Å². The molecule has 2 fully saturated rings. The lowest BCUT2D eigenvalue weighted by Gasteiger charge is -2.35. The molecule has 5 nitrogen and oxygen atoms in total.